The molecule has 0 bridgehead atoms. The van der Waals surface area contributed by atoms with Crippen LogP contribution < -0.4 is 0 Å². The fourth-order valence-electron chi connectivity index (χ4n) is 5.08. The monoisotopic (exact) mass is 374 g/mol. The van der Waals surface area contributed by atoms with Crippen molar-refractivity contribution in [2.45, 2.75) is 89.9 Å². The highest BCUT2D eigenvalue weighted by atomic mass is 19.2. The molecule has 2 heteroatoms. The number of hydrogen-bond acceptors (Lipinski definition) is 0. The Morgan fingerprint density at radius 2 is 1.44 bits per heavy atom. The van der Waals surface area contributed by atoms with Gasteiger partial charge in [-0.1, -0.05) is 50.8 Å². The number of benzene rings is 1. The van der Waals surface area contributed by atoms with Crippen LogP contribution in [0.15, 0.2) is 30.4 Å². The molecule has 0 unspecified atom stereocenters. The average Bonchev–Trinajstić information content (AvgIpc) is 2.70. The van der Waals surface area contributed by atoms with Gasteiger partial charge in [0.15, 0.2) is 11.6 Å². The van der Waals surface area contributed by atoms with Crippen molar-refractivity contribution in [2.24, 2.45) is 17.8 Å². The van der Waals surface area contributed by atoms with Gasteiger partial charge in [-0.15, -0.1) is 0 Å². The summed E-state index contributed by atoms with van der Waals surface area (Å²) in [6, 6.07) is 4.43. The van der Waals surface area contributed by atoms with Crippen molar-refractivity contribution in [2.75, 3.05) is 0 Å². The van der Waals surface area contributed by atoms with Gasteiger partial charge in [0.1, 0.15) is 0 Å². The second-order valence-corrected chi connectivity index (χ2v) is 8.95. The van der Waals surface area contributed by atoms with E-state index in [1.807, 2.05) is 0 Å². The molecule has 0 heterocycles. The third kappa shape index (κ3) is 6.16. The Bertz CT molecular complexity index is 590. The summed E-state index contributed by atoms with van der Waals surface area (Å²) in [5.41, 5.74) is 0.970. The van der Waals surface area contributed by atoms with Gasteiger partial charge < -0.3 is 0 Å². The molecule has 150 valence electrons. The first-order valence-corrected chi connectivity index (χ1v) is 11.3. The molecule has 0 saturated heterocycles. The standard InChI is InChI=1S/C25H36F2/c1-2-3-4-5-19-6-8-20(9-7-19)10-11-21-12-14-22(15-13-21)23-16-17-24(26)25(27)18-23/h10-11,16-22H,2-9,12-15H2,1H3/b11-10+/t19-,20-,21-,22-. The van der Waals surface area contributed by atoms with E-state index in [-0.39, 0.29) is 0 Å². The van der Waals surface area contributed by atoms with E-state index in [1.165, 1.54) is 76.3 Å². The first kappa shape index (κ1) is 20.6. The summed E-state index contributed by atoms with van der Waals surface area (Å²) in [6.45, 7) is 2.28. The summed E-state index contributed by atoms with van der Waals surface area (Å²) in [5.74, 6) is 1.39. The van der Waals surface area contributed by atoms with Crippen LogP contribution in [0, 0.1) is 29.4 Å². The van der Waals surface area contributed by atoms with Gasteiger partial charge in [0.2, 0.25) is 0 Å². The van der Waals surface area contributed by atoms with Crippen LogP contribution in [0.5, 0.6) is 0 Å². The van der Waals surface area contributed by atoms with E-state index < -0.39 is 11.6 Å². The molecule has 0 aliphatic heterocycles. The van der Waals surface area contributed by atoms with E-state index in [4.69, 9.17) is 0 Å². The predicted octanol–water partition coefficient (Wildman–Crippen LogP) is 8.18. The molecule has 2 aliphatic carbocycles. The van der Waals surface area contributed by atoms with Crippen molar-refractivity contribution in [1.29, 1.82) is 0 Å². The predicted molar refractivity (Wildman–Crippen MR) is 110 cm³/mol. The number of unbranched alkanes of at least 4 members (excludes halogenated alkanes) is 2. The molecular formula is C25H36F2. The normalized spacial score (nSPS) is 29.3. The summed E-state index contributed by atoms with van der Waals surface area (Å²) < 4.78 is 26.6. The molecule has 1 aromatic carbocycles. The molecule has 2 fully saturated rings. The molecule has 0 amide bonds. The Morgan fingerprint density at radius 1 is 0.815 bits per heavy atom. The van der Waals surface area contributed by atoms with Crippen LogP contribution in [-0.4, -0.2) is 0 Å². The van der Waals surface area contributed by atoms with Gasteiger partial charge in [-0.05, 0) is 92.7 Å². The van der Waals surface area contributed by atoms with Crippen LogP contribution in [-0.2, 0) is 0 Å². The maximum Gasteiger partial charge on any atom is 0.159 e. The molecule has 27 heavy (non-hydrogen) atoms. The van der Waals surface area contributed by atoms with Gasteiger partial charge >= 0.3 is 0 Å². The number of halogens is 2. The topological polar surface area (TPSA) is 0 Å². The molecular weight excluding hydrogens is 338 g/mol. The highest BCUT2D eigenvalue weighted by molar-refractivity contribution is 5.22. The van der Waals surface area contributed by atoms with Crippen LogP contribution in [0.4, 0.5) is 8.78 Å². The lowest BCUT2D eigenvalue weighted by Gasteiger charge is -2.29. The van der Waals surface area contributed by atoms with Gasteiger partial charge in [0.25, 0.3) is 0 Å². The highest BCUT2D eigenvalue weighted by Crippen LogP contribution is 2.38. The van der Waals surface area contributed by atoms with Crippen molar-refractivity contribution in [1.82, 2.24) is 0 Å². The van der Waals surface area contributed by atoms with Crippen LogP contribution in [0.3, 0.4) is 0 Å². The summed E-state index contributed by atoms with van der Waals surface area (Å²) in [5, 5.41) is 0. The largest absolute Gasteiger partial charge is 0.204 e. The number of allylic oxidation sites excluding steroid dienone is 2. The lowest BCUT2D eigenvalue weighted by atomic mass is 9.77. The van der Waals surface area contributed by atoms with Gasteiger partial charge in [-0.2, -0.15) is 0 Å². The lowest BCUT2D eigenvalue weighted by molar-refractivity contribution is 0.288. The Labute approximate surface area is 164 Å². The molecule has 2 aliphatic rings. The molecule has 0 atom stereocenters. The number of rotatable bonds is 7. The zero-order chi connectivity index (χ0) is 19.1. The molecule has 3 rings (SSSR count). The summed E-state index contributed by atoms with van der Waals surface area (Å²) >= 11 is 0. The fourth-order valence-corrected chi connectivity index (χ4v) is 5.08. The summed E-state index contributed by atoms with van der Waals surface area (Å²) in [4.78, 5) is 0. The van der Waals surface area contributed by atoms with E-state index in [1.54, 1.807) is 6.07 Å². The van der Waals surface area contributed by atoms with E-state index in [9.17, 15) is 8.78 Å². The first-order valence-electron chi connectivity index (χ1n) is 11.3. The first-order chi connectivity index (χ1) is 13.2. The van der Waals surface area contributed by atoms with Crippen LogP contribution in [0.1, 0.15) is 95.5 Å². The molecule has 1 aromatic rings. The Hall–Kier alpha value is -1.18. The minimum Gasteiger partial charge on any atom is -0.204 e. The maximum absolute atomic E-state index is 13.5. The zero-order valence-electron chi connectivity index (χ0n) is 16.9. The number of hydrogen-bond donors (Lipinski definition) is 0. The second-order valence-electron chi connectivity index (χ2n) is 8.95. The lowest BCUT2D eigenvalue weighted by Crippen LogP contribution is -2.15. The summed E-state index contributed by atoms with van der Waals surface area (Å²) in [6.07, 6.45) is 20.7. The van der Waals surface area contributed by atoms with Crippen molar-refractivity contribution in [3.05, 3.63) is 47.5 Å². The maximum atomic E-state index is 13.5. The quantitative estimate of drug-likeness (QED) is 0.333. The van der Waals surface area contributed by atoms with E-state index in [2.05, 4.69) is 19.1 Å². The van der Waals surface area contributed by atoms with Gasteiger partial charge in [0.05, 0.1) is 0 Å². The smallest absolute Gasteiger partial charge is 0.159 e. The minimum atomic E-state index is -0.740. The van der Waals surface area contributed by atoms with E-state index in [0.717, 1.165) is 30.2 Å². The Balaban J connectivity index is 1.38. The molecule has 0 nitrogen and oxygen atoms in total. The van der Waals surface area contributed by atoms with Crippen LogP contribution >= 0.6 is 0 Å². The molecule has 2 saturated carbocycles. The Kier molecular flexibility index (Phi) is 7.91. The zero-order valence-corrected chi connectivity index (χ0v) is 16.9. The van der Waals surface area contributed by atoms with Crippen molar-refractivity contribution in [3.8, 4) is 0 Å². The molecule has 0 N–H and O–H groups in total. The average molecular weight is 375 g/mol. The molecule has 0 radical (unpaired) electrons. The van der Waals surface area contributed by atoms with Gasteiger partial charge in [-0.25, -0.2) is 8.78 Å². The van der Waals surface area contributed by atoms with Gasteiger partial charge in [0, 0.05) is 0 Å². The van der Waals surface area contributed by atoms with Crippen LogP contribution in [0.2, 0.25) is 0 Å². The van der Waals surface area contributed by atoms with Gasteiger partial charge in [-0.3, -0.25) is 0 Å². The SMILES string of the molecule is CCCCC[C@H]1CC[C@H](/C=C/[C@H]2CC[C@H](c3ccc(F)c(F)c3)CC2)CC1. The Morgan fingerprint density at radius 3 is 2.04 bits per heavy atom. The summed E-state index contributed by atoms with van der Waals surface area (Å²) in [7, 11) is 0. The van der Waals surface area contributed by atoms with Crippen molar-refractivity contribution >= 4 is 0 Å². The van der Waals surface area contributed by atoms with E-state index >= 15 is 0 Å². The fraction of sp³-hybridized carbons (Fsp3) is 0.680. The highest BCUT2D eigenvalue weighted by Gasteiger charge is 2.23. The van der Waals surface area contributed by atoms with E-state index in [0.29, 0.717) is 11.8 Å². The minimum absolute atomic E-state index is 0.392. The van der Waals surface area contributed by atoms with Crippen LogP contribution in [0.25, 0.3) is 0 Å². The second kappa shape index (κ2) is 10.4. The van der Waals surface area contributed by atoms with Crippen molar-refractivity contribution in [3.63, 3.8) is 0 Å². The third-order valence-corrected chi connectivity index (χ3v) is 6.95. The van der Waals surface area contributed by atoms with Crippen molar-refractivity contribution < 1.29 is 8.78 Å². The molecule has 0 aromatic heterocycles. The molecule has 0 spiro atoms. The third-order valence-electron chi connectivity index (χ3n) is 6.95.